The highest BCUT2D eigenvalue weighted by molar-refractivity contribution is 6.43. The van der Waals surface area contributed by atoms with E-state index in [4.69, 9.17) is 4.74 Å². The number of para-hydroxylation sites is 1. The average molecular weight is 426 g/mol. The van der Waals surface area contributed by atoms with Crippen LogP contribution in [0.2, 0.25) is 0 Å². The molecular weight excluding hydrogens is 395 g/mol. The maximum atomic E-state index is 13.0. The van der Waals surface area contributed by atoms with Crippen LogP contribution in [0.1, 0.15) is 31.4 Å². The zero-order valence-corrected chi connectivity index (χ0v) is 18.2. The second-order valence-electron chi connectivity index (χ2n) is 7.96. The second kappa shape index (κ2) is 12.1. The lowest BCUT2D eigenvalue weighted by molar-refractivity contribution is -0.129. The minimum Gasteiger partial charge on any atom is -0.496 e. The lowest BCUT2D eigenvalue weighted by Gasteiger charge is -2.24. The monoisotopic (exact) mass is 426 g/mol. The number of amides is 2. The number of hydrogen-bond donors (Lipinski definition) is 4. The van der Waals surface area contributed by atoms with E-state index in [-0.39, 0.29) is 24.7 Å². The van der Waals surface area contributed by atoms with E-state index in [9.17, 15) is 19.6 Å². The number of carbonyl (C=O) groups excluding carboxylic acids is 2. The molecule has 2 atom stereocenters. The zero-order valence-electron chi connectivity index (χ0n) is 18.2. The summed E-state index contributed by atoms with van der Waals surface area (Å²) >= 11 is 0. The van der Waals surface area contributed by atoms with E-state index < -0.39 is 25.0 Å². The fourth-order valence-electron chi connectivity index (χ4n) is 3.37. The number of carbonyl (C=O) groups is 2. The van der Waals surface area contributed by atoms with Crippen LogP contribution in [0.5, 0.6) is 5.75 Å². The van der Waals surface area contributed by atoms with Crippen molar-refractivity contribution >= 4 is 18.9 Å². The van der Waals surface area contributed by atoms with Gasteiger partial charge in [-0.1, -0.05) is 62.4 Å². The fraction of sp³-hybridized carbons (Fsp3) is 0.391. The molecule has 0 heterocycles. The van der Waals surface area contributed by atoms with Crippen LogP contribution in [-0.4, -0.2) is 48.1 Å². The third-order valence-corrected chi connectivity index (χ3v) is 4.89. The van der Waals surface area contributed by atoms with Crippen molar-refractivity contribution in [3.8, 4) is 5.75 Å². The molecule has 8 heteroatoms. The van der Waals surface area contributed by atoms with Gasteiger partial charge in [-0.2, -0.15) is 0 Å². The topological polar surface area (TPSA) is 108 Å². The van der Waals surface area contributed by atoms with Gasteiger partial charge in [-0.05, 0) is 24.0 Å². The Bertz CT molecular complexity index is 845. The summed E-state index contributed by atoms with van der Waals surface area (Å²) in [5, 5.41) is 24.8. The molecule has 0 saturated heterocycles. The van der Waals surface area contributed by atoms with Crippen LogP contribution in [0.3, 0.4) is 0 Å². The van der Waals surface area contributed by atoms with Gasteiger partial charge in [0.2, 0.25) is 11.8 Å². The molecular formula is C23H31BN2O5. The molecule has 0 spiro atoms. The Morgan fingerprint density at radius 1 is 1.00 bits per heavy atom. The summed E-state index contributed by atoms with van der Waals surface area (Å²) in [6.45, 7) is 3.86. The highest BCUT2D eigenvalue weighted by atomic mass is 16.5. The Kier molecular flexibility index (Phi) is 9.56. The number of nitrogens with one attached hydrogen (secondary N) is 2. The molecule has 0 saturated carbocycles. The molecule has 2 aromatic rings. The van der Waals surface area contributed by atoms with Gasteiger partial charge in [0.25, 0.3) is 0 Å². The van der Waals surface area contributed by atoms with Crippen LogP contribution in [0.15, 0.2) is 54.6 Å². The fourth-order valence-corrected chi connectivity index (χ4v) is 3.37. The number of hydrogen-bond acceptors (Lipinski definition) is 5. The highest BCUT2D eigenvalue weighted by Crippen LogP contribution is 2.18. The van der Waals surface area contributed by atoms with Crippen LogP contribution >= 0.6 is 0 Å². The predicted molar refractivity (Wildman–Crippen MR) is 120 cm³/mol. The third kappa shape index (κ3) is 8.07. The van der Waals surface area contributed by atoms with E-state index in [1.54, 1.807) is 12.1 Å². The van der Waals surface area contributed by atoms with Crippen molar-refractivity contribution in [2.45, 2.75) is 45.1 Å². The predicted octanol–water partition coefficient (Wildman–Crippen LogP) is 1.51. The molecule has 2 rings (SSSR count). The van der Waals surface area contributed by atoms with Crippen molar-refractivity contribution in [2.75, 3.05) is 7.11 Å². The Morgan fingerprint density at radius 2 is 1.65 bits per heavy atom. The van der Waals surface area contributed by atoms with E-state index in [2.05, 4.69) is 10.6 Å². The van der Waals surface area contributed by atoms with Gasteiger partial charge in [0.15, 0.2) is 0 Å². The third-order valence-electron chi connectivity index (χ3n) is 4.89. The van der Waals surface area contributed by atoms with Gasteiger partial charge >= 0.3 is 7.12 Å². The zero-order chi connectivity index (χ0) is 22.8. The Balaban J connectivity index is 2.15. The summed E-state index contributed by atoms with van der Waals surface area (Å²) in [5.41, 5.74) is 1.59. The van der Waals surface area contributed by atoms with Gasteiger partial charge in [0, 0.05) is 12.0 Å². The molecule has 0 radical (unpaired) electrons. The first-order chi connectivity index (χ1) is 14.8. The number of benzene rings is 2. The van der Waals surface area contributed by atoms with Crippen LogP contribution in [0.25, 0.3) is 0 Å². The van der Waals surface area contributed by atoms with Crippen LogP contribution in [-0.2, 0) is 22.4 Å². The molecule has 0 bridgehead atoms. The van der Waals surface area contributed by atoms with E-state index >= 15 is 0 Å². The van der Waals surface area contributed by atoms with Crippen LogP contribution in [0.4, 0.5) is 0 Å². The summed E-state index contributed by atoms with van der Waals surface area (Å²) in [7, 11) is -0.148. The normalized spacial score (nSPS) is 12.7. The molecule has 0 fully saturated rings. The van der Waals surface area contributed by atoms with E-state index in [1.807, 2.05) is 56.3 Å². The molecule has 0 aliphatic heterocycles. The number of methoxy groups -OCH3 is 1. The lowest BCUT2D eigenvalue weighted by Crippen LogP contribution is -2.55. The maximum Gasteiger partial charge on any atom is 0.475 e. The van der Waals surface area contributed by atoms with E-state index in [0.717, 1.165) is 5.56 Å². The van der Waals surface area contributed by atoms with Gasteiger partial charge in [0.05, 0.1) is 19.5 Å². The first kappa shape index (κ1) is 24.4. The SMILES string of the molecule is COc1ccccc1CC(=O)N[C@@H](Cc1ccccc1)C(=O)N[C@@H](CC(C)C)B(O)O. The van der Waals surface area contributed by atoms with Crippen molar-refractivity contribution in [3.05, 3.63) is 65.7 Å². The first-order valence-corrected chi connectivity index (χ1v) is 10.4. The molecule has 2 aromatic carbocycles. The van der Waals surface area contributed by atoms with Crippen molar-refractivity contribution in [1.29, 1.82) is 0 Å². The first-order valence-electron chi connectivity index (χ1n) is 10.4. The molecule has 2 amide bonds. The molecule has 0 unspecified atom stereocenters. The van der Waals surface area contributed by atoms with E-state index in [1.165, 1.54) is 7.11 Å². The van der Waals surface area contributed by atoms with Crippen LogP contribution in [0, 0.1) is 5.92 Å². The summed E-state index contributed by atoms with van der Waals surface area (Å²) < 4.78 is 5.30. The van der Waals surface area contributed by atoms with Gasteiger partial charge in [-0.3, -0.25) is 9.59 Å². The van der Waals surface area contributed by atoms with Gasteiger partial charge in [-0.25, -0.2) is 0 Å². The highest BCUT2D eigenvalue weighted by Gasteiger charge is 2.30. The lowest BCUT2D eigenvalue weighted by atomic mass is 9.75. The Hall–Kier alpha value is -2.84. The smallest absolute Gasteiger partial charge is 0.475 e. The molecule has 0 aromatic heterocycles. The number of ether oxygens (including phenoxy) is 1. The standard InChI is InChI=1S/C23H31BN2O5/c1-16(2)13-21(24(29)30)26-23(28)19(14-17-9-5-4-6-10-17)25-22(27)15-18-11-7-8-12-20(18)31-3/h4-12,16,19,21,29-30H,13-15H2,1-3H3,(H,25,27)(H,26,28)/t19-,21-/m0/s1. The Labute approximate surface area is 184 Å². The van der Waals surface area contributed by atoms with Crippen molar-refractivity contribution < 1.29 is 24.4 Å². The molecule has 4 N–H and O–H groups in total. The molecule has 31 heavy (non-hydrogen) atoms. The largest absolute Gasteiger partial charge is 0.496 e. The number of rotatable bonds is 11. The van der Waals surface area contributed by atoms with Gasteiger partial charge < -0.3 is 25.4 Å². The Morgan fingerprint density at radius 3 is 2.26 bits per heavy atom. The second-order valence-corrected chi connectivity index (χ2v) is 7.96. The summed E-state index contributed by atoms with van der Waals surface area (Å²) in [6, 6.07) is 15.7. The summed E-state index contributed by atoms with van der Waals surface area (Å²) in [6.07, 6.45) is 0.734. The van der Waals surface area contributed by atoms with Gasteiger partial charge in [-0.15, -0.1) is 0 Å². The van der Waals surface area contributed by atoms with Crippen molar-refractivity contribution in [1.82, 2.24) is 10.6 Å². The summed E-state index contributed by atoms with van der Waals surface area (Å²) in [4.78, 5) is 25.7. The van der Waals surface area contributed by atoms with Crippen LogP contribution < -0.4 is 15.4 Å². The average Bonchev–Trinajstić information content (AvgIpc) is 2.73. The summed E-state index contributed by atoms with van der Waals surface area (Å²) in [5.74, 6) is -0.861. The van der Waals surface area contributed by atoms with E-state index in [0.29, 0.717) is 17.7 Å². The van der Waals surface area contributed by atoms with Crippen molar-refractivity contribution in [2.24, 2.45) is 5.92 Å². The minimum atomic E-state index is -1.69. The van der Waals surface area contributed by atoms with Gasteiger partial charge in [0.1, 0.15) is 11.8 Å². The van der Waals surface area contributed by atoms with Crippen molar-refractivity contribution in [3.63, 3.8) is 0 Å². The maximum absolute atomic E-state index is 13.0. The minimum absolute atomic E-state index is 0.0562. The molecule has 0 aliphatic carbocycles. The quantitative estimate of drug-likeness (QED) is 0.408. The molecule has 166 valence electrons. The molecule has 0 aliphatic rings. The molecule has 7 nitrogen and oxygen atoms in total.